The molecule has 114 valence electrons. The van der Waals surface area contributed by atoms with Crippen LogP contribution in [-0.4, -0.2) is 60.2 Å². The van der Waals surface area contributed by atoms with Gasteiger partial charge in [-0.15, -0.1) is 0 Å². The maximum atomic E-state index is 5.82. The lowest BCUT2D eigenvalue weighted by atomic mass is 10.1. The van der Waals surface area contributed by atoms with Gasteiger partial charge in [-0.05, 0) is 12.0 Å². The lowest BCUT2D eigenvalue weighted by Gasteiger charge is -2.32. The minimum atomic E-state index is 0.495. The van der Waals surface area contributed by atoms with Gasteiger partial charge in [-0.25, -0.2) is 0 Å². The zero-order chi connectivity index (χ0) is 14.7. The van der Waals surface area contributed by atoms with E-state index < -0.39 is 0 Å². The molecule has 1 aromatic carbocycles. The second-order valence-electron chi connectivity index (χ2n) is 5.85. The van der Waals surface area contributed by atoms with Crippen LogP contribution in [0, 0.1) is 0 Å². The number of hydrogen-bond acceptors (Lipinski definition) is 4. The van der Waals surface area contributed by atoms with Crippen LogP contribution in [-0.2, 0) is 11.3 Å². The molecule has 2 aliphatic rings. The van der Waals surface area contributed by atoms with E-state index in [4.69, 9.17) is 22.7 Å². The van der Waals surface area contributed by atoms with Gasteiger partial charge in [0.25, 0.3) is 0 Å². The topological polar surface area (TPSA) is 41.7 Å². The van der Waals surface area contributed by atoms with Crippen molar-refractivity contribution in [1.82, 2.24) is 9.80 Å². The summed E-state index contributed by atoms with van der Waals surface area (Å²) in [5.74, 6) is 0. The molecule has 1 atom stereocenters. The molecule has 1 unspecified atom stereocenters. The van der Waals surface area contributed by atoms with Crippen molar-refractivity contribution < 1.29 is 4.74 Å². The average Bonchev–Trinajstić information content (AvgIpc) is 2.97. The van der Waals surface area contributed by atoms with Gasteiger partial charge in [0.2, 0.25) is 0 Å². The van der Waals surface area contributed by atoms with E-state index in [1.54, 1.807) is 0 Å². The molecule has 0 bridgehead atoms. The summed E-state index contributed by atoms with van der Waals surface area (Å²) in [5, 5.41) is 0. The van der Waals surface area contributed by atoms with Crippen LogP contribution in [0.2, 0.25) is 0 Å². The quantitative estimate of drug-likeness (QED) is 0.848. The Labute approximate surface area is 131 Å². The fourth-order valence-corrected chi connectivity index (χ4v) is 3.54. The Morgan fingerprint density at radius 2 is 2.00 bits per heavy atom. The van der Waals surface area contributed by atoms with E-state index in [2.05, 4.69) is 21.9 Å². The van der Waals surface area contributed by atoms with E-state index in [-0.39, 0.29) is 0 Å². The summed E-state index contributed by atoms with van der Waals surface area (Å²) in [6.45, 7) is 7.11. The van der Waals surface area contributed by atoms with Gasteiger partial charge in [0.05, 0.1) is 13.2 Å². The molecule has 0 radical (unpaired) electrons. The summed E-state index contributed by atoms with van der Waals surface area (Å²) in [7, 11) is 0. The van der Waals surface area contributed by atoms with Crippen LogP contribution >= 0.6 is 12.2 Å². The first-order chi connectivity index (χ1) is 10.2. The Morgan fingerprint density at radius 3 is 2.76 bits per heavy atom. The lowest BCUT2D eigenvalue weighted by molar-refractivity contribution is 0.0184. The standard InChI is InChI=1S/C16H23N3OS/c17-16(21)15-4-2-1-3-13(15)11-18-6-5-14(12-18)19-7-9-20-10-8-19/h1-4,14H,5-12H2,(H2,17,21). The zero-order valence-electron chi connectivity index (χ0n) is 12.3. The summed E-state index contributed by atoms with van der Waals surface area (Å²) >= 11 is 5.15. The molecule has 2 saturated heterocycles. The van der Waals surface area contributed by atoms with Crippen molar-refractivity contribution in [2.75, 3.05) is 39.4 Å². The number of thiocarbonyl (C=S) groups is 1. The summed E-state index contributed by atoms with van der Waals surface area (Å²) < 4.78 is 5.44. The SMILES string of the molecule is NC(=S)c1ccccc1CN1CCC(N2CCOCC2)C1. The first-order valence-electron chi connectivity index (χ1n) is 7.66. The van der Waals surface area contributed by atoms with Crippen molar-refractivity contribution in [3.8, 4) is 0 Å². The number of nitrogens with zero attached hydrogens (tertiary/aromatic N) is 2. The smallest absolute Gasteiger partial charge is 0.104 e. The van der Waals surface area contributed by atoms with Crippen molar-refractivity contribution in [1.29, 1.82) is 0 Å². The second-order valence-corrected chi connectivity index (χ2v) is 6.29. The van der Waals surface area contributed by atoms with Crippen LogP contribution in [0.4, 0.5) is 0 Å². The monoisotopic (exact) mass is 305 g/mol. The molecule has 5 heteroatoms. The van der Waals surface area contributed by atoms with Gasteiger partial charge in [-0.2, -0.15) is 0 Å². The maximum absolute atomic E-state index is 5.82. The Bertz CT molecular complexity index is 502. The molecule has 4 nitrogen and oxygen atoms in total. The first kappa shape index (κ1) is 14.9. The van der Waals surface area contributed by atoms with Gasteiger partial charge in [-0.1, -0.05) is 36.5 Å². The predicted octanol–water partition coefficient (Wildman–Crippen LogP) is 1.23. The molecular formula is C16H23N3OS. The van der Waals surface area contributed by atoms with E-state index in [0.717, 1.165) is 51.5 Å². The molecule has 2 heterocycles. The van der Waals surface area contributed by atoms with Gasteiger partial charge in [0.15, 0.2) is 0 Å². The molecule has 0 aromatic heterocycles. The maximum Gasteiger partial charge on any atom is 0.104 e. The highest BCUT2D eigenvalue weighted by Crippen LogP contribution is 2.20. The molecule has 3 rings (SSSR count). The van der Waals surface area contributed by atoms with Crippen LogP contribution in [0.3, 0.4) is 0 Å². The van der Waals surface area contributed by atoms with Crippen molar-refractivity contribution in [2.24, 2.45) is 5.73 Å². The number of ether oxygens (including phenoxy) is 1. The van der Waals surface area contributed by atoms with E-state index in [1.807, 2.05) is 12.1 Å². The third kappa shape index (κ3) is 3.61. The van der Waals surface area contributed by atoms with Crippen molar-refractivity contribution in [3.63, 3.8) is 0 Å². The average molecular weight is 305 g/mol. The molecule has 2 N–H and O–H groups in total. The van der Waals surface area contributed by atoms with Crippen LogP contribution in [0.25, 0.3) is 0 Å². The van der Waals surface area contributed by atoms with Gasteiger partial charge in [0, 0.05) is 44.3 Å². The molecule has 0 amide bonds. The largest absolute Gasteiger partial charge is 0.389 e. The van der Waals surface area contributed by atoms with Crippen molar-refractivity contribution >= 4 is 17.2 Å². The van der Waals surface area contributed by atoms with Crippen LogP contribution in [0.1, 0.15) is 17.5 Å². The Kier molecular flexibility index (Phi) is 4.85. The van der Waals surface area contributed by atoms with E-state index in [1.165, 1.54) is 12.0 Å². The number of morpholine rings is 1. The molecule has 2 fully saturated rings. The molecule has 0 spiro atoms. The zero-order valence-corrected chi connectivity index (χ0v) is 13.1. The number of hydrogen-bond donors (Lipinski definition) is 1. The number of benzene rings is 1. The number of rotatable bonds is 4. The van der Waals surface area contributed by atoms with Crippen LogP contribution in [0.15, 0.2) is 24.3 Å². The fraction of sp³-hybridized carbons (Fsp3) is 0.562. The van der Waals surface area contributed by atoms with E-state index in [0.29, 0.717) is 11.0 Å². The minimum Gasteiger partial charge on any atom is -0.389 e. The minimum absolute atomic E-state index is 0.495. The van der Waals surface area contributed by atoms with Crippen molar-refractivity contribution in [3.05, 3.63) is 35.4 Å². The molecular weight excluding hydrogens is 282 g/mol. The number of nitrogens with two attached hydrogens (primary N) is 1. The third-order valence-corrected chi connectivity index (χ3v) is 4.71. The normalized spacial score (nSPS) is 24.3. The highest BCUT2D eigenvalue weighted by molar-refractivity contribution is 7.80. The molecule has 1 aromatic rings. The highest BCUT2D eigenvalue weighted by Gasteiger charge is 2.28. The summed E-state index contributed by atoms with van der Waals surface area (Å²) in [5.41, 5.74) is 8.08. The summed E-state index contributed by atoms with van der Waals surface area (Å²) in [6.07, 6.45) is 1.25. The fourth-order valence-electron chi connectivity index (χ4n) is 3.34. The summed E-state index contributed by atoms with van der Waals surface area (Å²) in [6, 6.07) is 8.89. The molecule has 2 aliphatic heterocycles. The van der Waals surface area contributed by atoms with Gasteiger partial charge in [-0.3, -0.25) is 9.80 Å². The van der Waals surface area contributed by atoms with Crippen LogP contribution < -0.4 is 5.73 Å². The first-order valence-corrected chi connectivity index (χ1v) is 8.07. The second kappa shape index (κ2) is 6.83. The molecule has 0 saturated carbocycles. The summed E-state index contributed by atoms with van der Waals surface area (Å²) in [4.78, 5) is 5.58. The molecule has 21 heavy (non-hydrogen) atoms. The van der Waals surface area contributed by atoms with Crippen LogP contribution in [0.5, 0.6) is 0 Å². The Morgan fingerprint density at radius 1 is 1.24 bits per heavy atom. The highest BCUT2D eigenvalue weighted by atomic mass is 32.1. The van der Waals surface area contributed by atoms with Gasteiger partial charge < -0.3 is 10.5 Å². The van der Waals surface area contributed by atoms with E-state index in [9.17, 15) is 0 Å². The van der Waals surface area contributed by atoms with Gasteiger partial charge in [0.1, 0.15) is 4.99 Å². The Balaban J connectivity index is 1.61. The third-order valence-electron chi connectivity index (χ3n) is 4.49. The van der Waals surface area contributed by atoms with Crippen molar-refractivity contribution in [2.45, 2.75) is 19.0 Å². The molecule has 0 aliphatic carbocycles. The lowest BCUT2D eigenvalue weighted by Crippen LogP contribution is -2.44. The number of likely N-dealkylation sites (tertiary alicyclic amines) is 1. The predicted molar refractivity (Wildman–Crippen MR) is 88.4 cm³/mol. The van der Waals surface area contributed by atoms with E-state index >= 15 is 0 Å². The van der Waals surface area contributed by atoms with Gasteiger partial charge >= 0.3 is 0 Å². The Hall–Kier alpha value is -1.01.